The zero-order valence-electron chi connectivity index (χ0n) is 30.0. The molecule has 5 atom stereocenters. The smallest absolute Gasteiger partial charge is 0.245 e. The number of carbonyl (C=O) groups excluding carboxylic acids is 6. The van der Waals surface area contributed by atoms with Gasteiger partial charge in [0, 0.05) is 20.0 Å². The topological polar surface area (TPSA) is 295 Å². The minimum atomic E-state index is -1.46. The number of carbonyl (C=O) groups is 6. The molecule has 0 aliphatic rings. The van der Waals surface area contributed by atoms with Crippen LogP contribution in [0.1, 0.15) is 51.5 Å². The summed E-state index contributed by atoms with van der Waals surface area (Å²) in [6, 6.07) is 3.19. The van der Waals surface area contributed by atoms with Crippen LogP contribution >= 0.6 is 0 Å². The highest BCUT2D eigenvalue weighted by Crippen LogP contribution is 2.09. The van der Waals surface area contributed by atoms with Gasteiger partial charge in [0.1, 0.15) is 30.2 Å². The van der Waals surface area contributed by atoms with Crippen LogP contribution < -0.4 is 54.0 Å². The van der Waals surface area contributed by atoms with Crippen LogP contribution in [0.5, 0.6) is 0 Å². The molecule has 286 valence electrons. The number of aliphatic hydroxyl groups is 1. The highest BCUT2D eigenvalue weighted by Gasteiger charge is 2.33. The van der Waals surface area contributed by atoms with Crippen molar-refractivity contribution in [2.24, 2.45) is 17.4 Å². The zero-order valence-corrected chi connectivity index (χ0v) is 30.0. The molecule has 1 aromatic rings. The maximum absolute atomic E-state index is 13.7. The molecular weight excluding hydrogens is 662 g/mol. The molecule has 0 aliphatic carbocycles. The lowest BCUT2D eigenvalue weighted by Crippen LogP contribution is -2.61. The number of hydrogen-bond donors (Lipinski definition) is 12. The van der Waals surface area contributed by atoms with Gasteiger partial charge in [-0.3, -0.25) is 34.2 Å². The first-order valence-corrected chi connectivity index (χ1v) is 17.1. The maximum Gasteiger partial charge on any atom is 0.245 e. The molecule has 14 N–H and O–H groups in total. The Morgan fingerprint density at radius 2 is 1.31 bits per heavy atom. The fourth-order valence-electron chi connectivity index (χ4n) is 4.99. The monoisotopic (exact) mass is 719 g/mol. The Morgan fingerprint density at radius 3 is 1.88 bits per heavy atom. The summed E-state index contributed by atoms with van der Waals surface area (Å²) in [5.41, 5.74) is 11.7. The molecule has 6 amide bonds. The van der Waals surface area contributed by atoms with E-state index < -0.39 is 78.2 Å². The van der Waals surface area contributed by atoms with Gasteiger partial charge in [0.25, 0.3) is 0 Å². The molecule has 0 saturated carbocycles. The third kappa shape index (κ3) is 17.1. The van der Waals surface area contributed by atoms with E-state index in [0.717, 1.165) is 5.56 Å². The van der Waals surface area contributed by atoms with Crippen molar-refractivity contribution in [1.29, 1.82) is 5.41 Å². The van der Waals surface area contributed by atoms with Crippen molar-refractivity contribution in [2.45, 2.75) is 82.6 Å². The van der Waals surface area contributed by atoms with E-state index in [1.54, 1.807) is 45.2 Å². The fourth-order valence-corrected chi connectivity index (χ4v) is 4.99. The second-order valence-corrected chi connectivity index (χ2v) is 12.3. The molecule has 1 aromatic carbocycles. The van der Waals surface area contributed by atoms with Crippen LogP contribution in [0.25, 0.3) is 0 Å². The number of hydrogen-bond acceptors (Lipinski definition) is 10. The van der Waals surface area contributed by atoms with E-state index in [4.69, 9.17) is 16.9 Å². The van der Waals surface area contributed by atoms with Crippen molar-refractivity contribution >= 4 is 41.4 Å². The van der Waals surface area contributed by atoms with E-state index in [2.05, 4.69) is 42.5 Å². The molecule has 18 nitrogen and oxygen atoms in total. The largest absolute Gasteiger partial charge is 0.394 e. The van der Waals surface area contributed by atoms with Gasteiger partial charge < -0.3 is 59.1 Å². The average molecular weight is 720 g/mol. The van der Waals surface area contributed by atoms with Crippen molar-refractivity contribution in [3.05, 3.63) is 35.9 Å². The molecule has 1 rings (SSSR count). The summed E-state index contributed by atoms with van der Waals surface area (Å²) < 4.78 is 0. The number of benzene rings is 1. The molecule has 0 spiro atoms. The molecule has 18 heteroatoms. The predicted molar refractivity (Wildman–Crippen MR) is 192 cm³/mol. The number of amides is 6. The number of unbranched alkanes of at least 4 members (excludes halogenated alkanes) is 1. The maximum atomic E-state index is 13.7. The van der Waals surface area contributed by atoms with E-state index >= 15 is 0 Å². The number of nitrogens with one attached hydrogen (secondary N) is 9. The van der Waals surface area contributed by atoms with Crippen molar-refractivity contribution in [3.63, 3.8) is 0 Å². The normalized spacial score (nSPS) is 13.8. The van der Waals surface area contributed by atoms with Crippen LogP contribution in [0.2, 0.25) is 0 Å². The summed E-state index contributed by atoms with van der Waals surface area (Å²) in [7, 11) is 3.01. The average Bonchev–Trinajstić information content (AvgIpc) is 3.09. The summed E-state index contributed by atoms with van der Waals surface area (Å²) in [5.74, 6) is -4.59. The minimum absolute atomic E-state index is 0.0289. The zero-order chi connectivity index (χ0) is 38.3. The second-order valence-electron chi connectivity index (χ2n) is 12.3. The van der Waals surface area contributed by atoms with E-state index in [0.29, 0.717) is 25.8 Å². The molecule has 0 aromatic heterocycles. The summed E-state index contributed by atoms with van der Waals surface area (Å²) >= 11 is 0. The quantitative estimate of drug-likeness (QED) is 0.0285. The fraction of sp³-hybridized carbons (Fsp3) is 0.606. The van der Waals surface area contributed by atoms with Crippen molar-refractivity contribution in [3.8, 4) is 0 Å². The van der Waals surface area contributed by atoms with Crippen molar-refractivity contribution in [2.75, 3.05) is 40.3 Å². The minimum Gasteiger partial charge on any atom is -0.394 e. The Balaban J connectivity index is 3.14. The van der Waals surface area contributed by atoms with Crippen molar-refractivity contribution in [1.82, 2.24) is 42.5 Å². The SMILES string of the molecule is CNCC(=O)N[C@@H](CCCCN)C(=O)N[C@@H](CCCNC(=N)N)C(=O)NC(C(=O)N[C@@H](CO)C(=O)N[C@@H](Cc1ccccc1)C(=O)NC)C(C)C. The first-order valence-electron chi connectivity index (χ1n) is 17.1. The van der Waals surface area contributed by atoms with Gasteiger partial charge in [-0.2, -0.15) is 0 Å². The van der Waals surface area contributed by atoms with Gasteiger partial charge in [-0.25, -0.2) is 0 Å². The molecule has 51 heavy (non-hydrogen) atoms. The van der Waals surface area contributed by atoms with Gasteiger partial charge in [0.05, 0.1) is 13.2 Å². The summed E-state index contributed by atoms with van der Waals surface area (Å²) in [4.78, 5) is 78.6. The van der Waals surface area contributed by atoms with Gasteiger partial charge in [-0.15, -0.1) is 0 Å². The molecule has 0 fully saturated rings. The van der Waals surface area contributed by atoms with Crippen molar-refractivity contribution < 1.29 is 33.9 Å². The lowest BCUT2D eigenvalue weighted by atomic mass is 10.0. The Morgan fingerprint density at radius 1 is 0.745 bits per heavy atom. The van der Waals surface area contributed by atoms with E-state index in [1.807, 2.05) is 6.07 Å². The summed E-state index contributed by atoms with van der Waals surface area (Å²) in [6.07, 6.45) is 1.96. The number of likely N-dealkylation sites (N-methyl/N-ethyl adjacent to an activating group) is 2. The van der Waals surface area contributed by atoms with E-state index in [1.165, 1.54) is 7.05 Å². The summed E-state index contributed by atoms with van der Waals surface area (Å²) in [6.45, 7) is 3.11. The van der Waals surface area contributed by atoms with E-state index in [-0.39, 0.29) is 38.3 Å². The van der Waals surface area contributed by atoms with Gasteiger partial charge in [0.15, 0.2) is 5.96 Å². The van der Waals surface area contributed by atoms with Gasteiger partial charge in [-0.1, -0.05) is 44.2 Å². The van der Waals surface area contributed by atoms with Crippen LogP contribution in [0.3, 0.4) is 0 Å². The van der Waals surface area contributed by atoms with Gasteiger partial charge >= 0.3 is 0 Å². The third-order valence-electron chi connectivity index (χ3n) is 7.78. The second kappa shape index (κ2) is 24.4. The predicted octanol–water partition coefficient (Wildman–Crippen LogP) is -3.34. The molecule has 0 saturated heterocycles. The van der Waals surface area contributed by atoms with Crippen LogP contribution in [0, 0.1) is 11.3 Å². The molecule has 0 heterocycles. The first-order chi connectivity index (χ1) is 24.3. The Labute approximate surface area is 299 Å². The molecule has 0 bridgehead atoms. The van der Waals surface area contributed by atoms with Crippen LogP contribution in [0.4, 0.5) is 0 Å². The molecule has 1 unspecified atom stereocenters. The standard InChI is InChI=1S/C33H57N11O7/c1-20(2)27(32(51)43-25(19-45)31(50)42-24(28(47)38-4)17-21-11-6-5-7-12-21)44-30(49)23(14-10-16-39-33(35)36)41-29(48)22(13-8-9-15-34)40-26(46)18-37-3/h5-7,11-12,20,22-25,27,37,45H,8-10,13-19,34H2,1-4H3,(H,38,47)(H,40,46)(H,41,48)(H,42,50)(H,43,51)(H,44,49)(H4,35,36,39)/t22-,23-,24-,25-,27?/m0/s1. The first kappa shape index (κ1) is 44.2. The molecular formula is C33H57N11O7. The Kier molecular flexibility index (Phi) is 21.1. The highest BCUT2D eigenvalue weighted by molar-refractivity contribution is 5.96. The van der Waals surface area contributed by atoms with Crippen LogP contribution in [-0.4, -0.2) is 117 Å². The Hall–Kier alpha value is -4.81. The highest BCUT2D eigenvalue weighted by atomic mass is 16.3. The lowest BCUT2D eigenvalue weighted by molar-refractivity contribution is -0.136. The van der Waals surface area contributed by atoms with E-state index in [9.17, 15) is 33.9 Å². The van der Waals surface area contributed by atoms with Gasteiger partial charge in [-0.05, 0) is 57.2 Å². The van der Waals surface area contributed by atoms with Crippen LogP contribution in [-0.2, 0) is 35.2 Å². The number of guanidine groups is 1. The number of aliphatic hydroxyl groups excluding tert-OH is 1. The molecule has 0 radical (unpaired) electrons. The third-order valence-corrected chi connectivity index (χ3v) is 7.78. The molecule has 0 aliphatic heterocycles. The van der Waals surface area contributed by atoms with Crippen LogP contribution in [0.15, 0.2) is 30.3 Å². The van der Waals surface area contributed by atoms with Gasteiger partial charge in [0.2, 0.25) is 35.4 Å². The Bertz CT molecular complexity index is 1280. The number of rotatable bonds is 24. The summed E-state index contributed by atoms with van der Waals surface area (Å²) in [5, 5.41) is 38.3. The number of nitrogens with two attached hydrogens (primary N) is 2. The lowest BCUT2D eigenvalue weighted by Gasteiger charge is -2.28.